The number of unbranched alkanes of at least 4 members (excludes halogenated alkanes) is 1. The van der Waals surface area contributed by atoms with Gasteiger partial charge in [0.1, 0.15) is 11.3 Å². The van der Waals surface area contributed by atoms with Gasteiger partial charge in [-0.15, -0.1) is 0 Å². The minimum Gasteiger partial charge on any atom is -0.464 e. The zero-order valence-corrected chi connectivity index (χ0v) is 22.4. The topological polar surface area (TPSA) is 105 Å². The van der Waals surface area contributed by atoms with Gasteiger partial charge in [-0.05, 0) is 69.5 Å². The standard InChI is InChI=1S/C28H32N4O4S/c1-5-6-7-26-30-27-21(4)29-20(3)18-25(27)32(26)23-12-10-22(11-13-23)16-17-31(28(33)34)37(35,36)24-14-8-19(2)9-15-24/h8-15,18H,5-7,16-17H2,1-4H3,(H,33,34). The highest BCUT2D eigenvalue weighted by molar-refractivity contribution is 7.89. The van der Waals surface area contributed by atoms with Crippen LogP contribution in [-0.4, -0.2) is 45.0 Å². The van der Waals surface area contributed by atoms with E-state index in [1.165, 1.54) is 12.1 Å². The highest BCUT2D eigenvalue weighted by Crippen LogP contribution is 2.26. The molecule has 37 heavy (non-hydrogen) atoms. The van der Waals surface area contributed by atoms with Crippen LogP contribution in [0, 0.1) is 20.8 Å². The van der Waals surface area contributed by atoms with Crippen LogP contribution in [0.5, 0.6) is 0 Å². The molecule has 0 radical (unpaired) electrons. The molecule has 2 aromatic heterocycles. The number of imidazole rings is 1. The second kappa shape index (κ2) is 10.7. The normalized spacial score (nSPS) is 11.7. The number of sulfonamides is 1. The molecule has 0 spiro atoms. The summed E-state index contributed by atoms with van der Waals surface area (Å²) >= 11 is 0. The van der Waals surface area contributed by atoms with Crippen molar-refractivity contribution in [1.29, 1.82) is 0 Å². The van der Waals surface area contributed by atoms with Gasteiger partial charge in [-0.2, -0.15) is 0 Å². The molecule has 0 fully saturated rings. The Morgan fingerprint density at radius 2 is 1.65 bits per heavy atom. The predicted molar refractivity (Wildman–Crippen MR) is 144 cm³/mol. The Morgan fingerprint density at radius 1 is 0.973 bits per heavy atom. The van der Waals surface area contributed by atoms with Crippen molar-refractivity contribution >= 4 is 27.1 Å². The Morgan fingerprint density at radius 3 is 2.27 bits per heavy atom. The number of rotatable bonds is 9. The number of aromatic nitrogens is 3. The van der Waals surface area contributed by atoms with E-state index in [0.29, 0.717) is 4.31 Å². The van der Waals surface area contributed by atoms with Gasteiger partial charge in [-0.25, -0.2) is 22.5 Å². The molecule has 0 saturated heterocycles. The fourth-order valence-corrected chi connectivity index (χ4v) is 5.69. The fraction of sp³-hybridized carbons (Fsp3) is 0.321. The van der Waals surface area contributed by atoms with Gasteiger partial charge in [-0.1, -0.05) is 43.2 Å². The van der Waals surface area contributed by atoms with Crippen LogP contribution in [0.25, 0.3) is 16.7 Å². The number of nitrogens with zero attached hydrogens (tertiary/aromatic N) is 4. The molecule has 9 heteroatoms. The number of hydrogen-bond donors (Lipinski definition) is 1. The van der Waals surface area contributed by atoms with Gasteiger partial charge >= 0.3 is 6.09 Å². The number of benzene rings is 2. The van der Waals surface area contributed by atoms with Gasteiger partial charge in [0.15, 0.2) is 0 Å². The molecule has 0 aliphatic heterocycles. The first kappa shape index (κ1) is 26.3. The summed E-state index contributed by atoms with van der Waals surface area (Å²) in [6.07, 6.45) is 1.68. The van der Waals surface area contributed by atoms with E-state index in [2.05, 4.69) is 16.5 Å². The molecule has 4 rings (SSSR count). The predicted octanol–water partition coefficient (Wildman–Crippen LogP) is 5.60. The monoisotopic (exact) mass is 520 g/mol. The third-order valence-corrected chi connectivity index (χ3v) is 8.18. The summed E-state index contributed by atoms with van der Waals surface area (Å²) in [5, 5.41) is 9.65. The molecule has 8 nitrogen and oxygen atoms in total. The third kappa shape index (κ3) is 5.51. The first-order valence-electron chi connectivity index (χ1n) is 12.4. The van der Waals surface area contributed by atoms with E-state index in [1.54, 1.807) is 12.1 Å². The first-order valence-corrected chi connectivity index (χ1v) is 13.8. The molecule has 4 aromatic rings. The van der Waals surface area contributed by atoms with Crippen LogP contribution < -0.4 is 0 Å². The summed E-state index contributed by atoms with van der Waals surface area (Å²) in [7, 11) is -4.16. The summed E-state index contributed by atoms with van der Waals surface area (Å²) in [6.45, 7) is 7.76. The number of hydrogen-bond acceptors (Lipinski definition) is 5. The summed E-state index contributed by atoms with van der Waals surface area (Å²) in [6, 6.07) is 16.0. The first-order chi connectivity index (χ1) is 17.6. The Labute approximate surface area is 217 Å². The maximum atomic E-state index is 12.9. The molecule has 194 valence electrons. The van der Waals surface area contributed by atoms with E-state index < -0.39 is 16.1 Å². The number of fused-ring (bicyclic) bond motifs is 1. The largest absolute Gasteiger partial charge is 0.464 e. The third-order valence-electron chi connectivity index (χ3n) is 6.39. The summed E-state index contributed by atoms with van der Waals surface area (Å²) in [5.74, 6) is 0.973. The fourth-order valence-electron chi connectivity index (χ4n) is 4.42. The number of pyridine rings is 1. The second-order valence-electron chi connectivity index (χ2n) is 9.27. The van der Waals surface area contributed by atoms with Gasteiger partial charge in [0.2, 0.25) is 0 Å². The van der Waals surface area contributed by atoms with Crippen LogP contribution in [-0.2, 0) is 22.9 Å². The molecular formula is C28H32N4O4S. The lowest BCUT2D eigenvalue weighted by molar-refractivity contribution is 0.172. The van der Waals surface area contributed by atoms with Gasteiger partial charge in [0.25, 0.3) is 10.0 Å². The number of aryl methyl sites for hydroxylation is 4. The minimum absolute atomic E-state index is 0.0393. The van der Waals surface area contributed by atoms with E-state index in [1.807, 2.05) is 51.1 Å². The molecule has 2 aromatic carbocycles. The molecule has 0 aliphatic carbocycles. The maximum absolute atomic E-state index is 12.9. The van der Waals surface area contributed by atoms with Crippen molar-refractivity contribution < 1.29 is 18.3 Å². The zero-order valence-electron chi connectivity index (χ0n) is 21.6. The van der Waals surface area contributed by atoms with Crippen molar-refractivity contribution in [2.75, 3.05) is 6.54 Å². The van der Waals surface area contributed by atoms with E-state index in [9.17, 15) is 18.3 Å². The highest BCUT2D eigenvalue weighted by Gasteiger charge is 2.28. The van der Waals surface area contributed by atoms with Crippen LogP contribution in [0.3, 0.4) is 0 Å². The van der Waals surface area contributed by atoms with Gasteiger partial charge < -0.3 is 5.11 Å². The molecule has 0 saturated carbocycles. The minimum atomic E-state index is -4.16. The van der Waals surface area contributed by atoms with Crippen LogP contribution in [0.2, 0.25) is 0 Å². The van der Waals surface area contributed by atoms with Crippen molar-refractivity contribution in [2.24, 2.45) is 0 Å². The Hall–Kier alpha value is -3.72. The maximum Gasteiger partial charge on any atom is 0.421 e. The van der Waals surface area contributed by atoms with Crippen LogP contribution in [0.4, 0.5) is 4.79 Å². The Bertz CT molecular complexity index is 1530. The van der Waals surface area contributed by atoms with Crippen molar-refractivity contribution in [3.05, 3.63) is 82.9 Å². The van der Waals surface area contributed by atoms with Crippen LogP contribution in [0.1, 0.15) is 48.1 Å². The average Bonchev–Trinajstić information content (AvgIpc) is 3.21. The molecule has 1 N–H and O–H groups in total. The second-order valence-corrected chi connectivity index (χ2v) is 11.1. The van der Waals surface area contributed by atoms with E-state index in [-0.39, 0.29) is 17.9 Å². The van der Waals surface area contributed by atoms with E-state index in [0.717, 1.165) is 64.3 Å². The van der Waals surface area contributed by atoms with Crippen molar-refractivity contribution in [1.82, 2.24) is 18.8 Å². The van der Waals surface area contributed by atoms with Crippen LogP contribution in [0.15, 0.2) is 59.5 Å². The summed E-state index contributed by atoms with van der Waals surface area (Å²) in [5.41, 5.74) is 6.39. The molecular weight excluding hydrogens is 488 g/mol. The zero-order chi connectivity index (χ0) is 26.7. The van der Waals surface area contributed by atoms with Gasteiger partial charge in [-0.3, -0.25) is 9.55 Å². The highest BCUT2D eigenvalue weighted by atomic mass is 32.2. The number of carbonyl (C=O) groups is 1. The van der Waals surface area contributed by atoms with Crippen molar-refractivity contribution in [3.8, 4) is 5.69 Å². The van der Waals surface area contributed by atoms with E-state index in [4.69, 9.17) is 4.98 Å². The molecule has 0 aliphatic rings. The van der Waals surface area contributed by atoms with Gasteiger partial charge in [0, 0.05) is 24.3 Å². The van der Waals surface area contributed by atoms with Crippen molar-refractivity contribution in [3.63, 3.8) is 0 Å². The van der Waals surface area contributed by atoms with Crippen molar-refractivity contribution in [2.45, 2.75) is 58.3 Å². The summed E-state index contributed by atoms with van der Waals surface area (Å²) < 4.78 is 28.6. The molecule has 0 unspecified atom stereocenters. The molecule has 0 atom stereocenters. The summed E-state index contributed by atoms with van der Waals surface area (Å²) in [4.78, 5) is 21.3. The Kier molecular flexibility index (Phi) is 7.63. The quantitative estimate of drug-likeness (QED) is 0.308. The molecule has 0 bridgehead atoms. The van der Waals surface area contributed by atoms with E-state index >= 15 is 0 Å². The lowest BCUT2D eigenvalue weighted by atomic mass is 10.1. The van der Waals surface area contributed by atoms with Gasteiger partial charge in [0.05, 0.1) is 16.1 Å². The Balaban J connectivity index is 1.60. The smallest absolute Gasteiger partial charge is 0.421 e. The SMILES string of the molecule is CCCCc1nc2c(C)nc(C)cc2n1-c1ccc(CCN(C(=O)O)S(=O)(=O)c2ccc(C)cc2)cc1. The number of carboxylic acid groups (broad SMARTS) is 1. The van der Waals surface area contributed by atoms with Crippen LogP contribution >= 0.6 is 0 Å². The number of amides is 1. The average molecular weight is 521 g/mol. The lowest BCUT2D eigenvalue weighted by Crippen LogP contribution is -2.37. The lowest BCUT2D eigenvalue weighted by Gasteiger charge is -2.19. The molecule has 1 amide bonds. The molecule has 2 heterocycles.